The van der Waals surface area contributed by atoms with Crippen molar-refractivity contribution in [3.05, 3.63) is 34.6 Å². The maximum Gasteiger partial charge on any atom is 0.142 e. The molecule has 5 nitrogen and oxygen atoms in total. The first-order valence-electron chi connectivity index (χ1n) is 5.77. The van der Waals surface area contributed by atoms with Gasteiger partial charge in [-0.2, -0.15) is 5.10 Å². The fourth-order valence-electron chi connectivity index (χ4n) is 1.79. The minimum atomic E-state index is 0.335. The molecule has 19 heavy (non-hydrogen) atoms. The lowest BCUT2D eigenvalue weighted by molar-refractivity contribution is 0.294. The summed E-state index contributed by atoms with van der Waals surface area (Å²) in [6.45, 7) is 2.19. The molecule has 2 rings (SSSR count). The van der Waals surface area contributed by atoms with Gasteiger partial charge in [-0.25, -0.2) is 0 Å². The van der Waals surface area contributed by atoms with Crippen LogP contribution in [0.4, 0.5) is 5.69 Å². The molecule has 0 saturated carbocycles. The van der Waals surface area contributed by atoms with Crippen LogP contribution in [-0.4, -0.2) is 16.9 Å². The second kappa shape index (κ2) is 5.40. The van der Waals surface area contributed by atoms with E-state index in [1.165, 1.54) is 0 Å². The van der Waals surface area contributed by atoms with E-state index in [0.717, 1.165) is 11.4 Å². The monoisotopic (exact) mass is 281 g/mol. The molecular formula is C13H16ClN3O2. The summed E-state index contributed by atoms with van der Waals surface area (Å²) in [6, 6.07) is 5.28. The number of halogens is 1. The van der Waals surface area contributed by atoms with Gasteiger partial charge in [0.05, 0.1) is 29.2 Å². The van der Waals surface area contributed by atoms with Crippen LogP contribution < -0.4 is 15.2 Å². The van der Waals surface area contributed by atoms with Gasteiger partial charge in [0.15, 0.2) is 0 Å². The highest BCUT2D eigenvalue weighted by Crippen LogP contribution is 2.27. The van der Waals surface area contributed by atoms with E-state index in [1.807, 2.05) is 14.0 Å². The van der Waals surface area contributed by atoms with Crippen LogP contribution in [0.3, 0.4) is 0 Å². The molecule has 0 aliphatic heterocycles. The Morgan fingerprint density at radius 2 is 2.16 bits per heavy atom. The minimum absolute atomic E-state index is 0.335. The Balaban J connectivity index is 2.12. The molecule has 1 aromatic heterocycles. The van der Waals surface area contributed by atoms with Gasteiger partial charge in [-0.15, -0.1) is 0 Å². The number of methoxy groups -OCH3 is 1. The molecule has 2 N–H and O–H groups in total. The van der Waals surface area contributed by atoms with Crippen molar-refractivity contribution in [2.24, 2.45) is 7.05 Å². The maximum atomic E-state index is 6.15. The summed E-state index contributed by atoms with van der Waals surface area (Å²) >= 11 is 6.15. The van der Waals surface area contributed by atoms with Crippen LogP contribution >= 0.6 is 11.6 Å². The van der Waals surface area contributed by atoms with Crippen LogP contribution in [0.5, 0.6) is 11.5 Å². The van der Waals surface area contributed by atoms with E-state index in [2.05, 4.69) is 5.10 Å². The fraction of sp³-hybridized carbons (Fsp3) is 0.308. The van der Waals surface area contributed by atoms with Crippen LogP contribution in [0.2, 0.25) is 5.02 Å². The van der Waals surface area contributed by atoms with E-state index in [9.17, 15) is 0 Å². The second-order valence-corrected chi connectivity index (χ2v) is 4.54. The summed E-state index contributed by atoms with van der Waals surface area (Å²) < 4.78 is 12.5. The molecule has 0 bridgehead atoms. The first-order chi connectivity index (χ1) is 9.02. The highest BCUT2D eigenvalue weighted by molar-refractivity contribution is 6.31. The van der Waals surface area contributed by atoms with Gasteiger partial charge in [-0.3, -0.25) is 4.68 Å². The average Bonchev–Trinajstić information content (AvgIpc) is 2.61. The van der Waals surface area contributed by atoms with Crippen LogP contribution in [0.25, 0.3) is 0 Å². The third-order valence-electron chi connectivity index (χ3n) is 2.84. The van der Waals surface area contributed by atoms with Gasteiger partial charge in [-0.05, 0) is 19.1 Å². The van der Waals surface area contributed by atoms with Crippen molar-refractivity contribution in [2.75, 3.05) is 12.8 Å². The zero-order valence-electron chi connectivity index (χ0n) is 11.1. The molecule has 1 heterocycles. The number of aromatic nitrogens is 2. The van der Waals surface area contributed by atoms with Crippen LogP contribution in [0.15, 0.2) is 18.2 Å². The molecule has 1 aromatic carbocycles. The normalized spacial score (nSPS) is 10.5. The van der Waals surface area contributed by atoms with E-state index in [-0.39, 0.29) is 0 Å². The molecule has 6 heteroatoms. The van der Waals surface area contributed by atoms with E-state index < -0.39 is 0 Å². The number of nitrogens with two attached hydrogens (primary N) is 1. The molecule has 102 valence electrons. The SMILES string of the molecule is COc1ccc(OCc2c(Cl)c(C)nn2C)cc1N. The first-order valence-corrected chi connectivity index (χ1v) is 6.15. The quantitative estimate of drug-likeness (QED) is 0.875. The zero-order valence-corrected chi connectivity index (χ0v) is 11.9. The number of ether oxygens (including phenoxy) is 2. The Labute approximate surface area is 116 Å². The lowest BCUT2D eigenvalue weighted by atomic mass is 10.3. The average molecular weight is 282 g/mol. The molecule has 2 aromatic rings. The van der Waals surface area contributed by atoms with Gasteiger partial charge in [0.25, 0.3) is 0 Å². The van der Waals surface area contributed by atoms with Gasteiger partial charge < -0.3 is 15.2 Å². The number of nitrogen functional groups attached to an aromatic ring is 1. The van der Waals surface area contributed by atoms with Crippen molar-refractivity contribution < 1.29 is 9.47 Å². The third kappa shape index (κ3) is 2.76. The van der Waals surface area contributed by atoms with Crippen molar-refractivity contribution in [3.8, 4) is 11.5 Å². The summed E-state index contributed by atoms with van der Waals surface area (Å²) in [6.07, 6.45) is 0. The van der Waals surface area contributed by atoms with E-state index in [0.29, 0.717) is 28.8 Å². The summed E-state index contributed by atoms with van der Waals surface area (Å²) in [5.41, 5.74) is 7.97. The lowest BCUT2D eigenvalue weighted by Gasteiger charge is -2.09. The number of anilines is 1. The van der Waals surface area contributed by atoms with Crippen molar-refractivity contribution in [2.45, 2.75) is 13.5 Å². The molecular weight excluding hydrogens is 266 g/mol. The van der Waals surface area contributed by atoms with Gasteiger partial charge >= 0.3 is 0 Å². The minimum Gasteiger partial charge on any atom is -0.495 e. The second-order valence-electron chi connectivity index (χ2n) is 4.16. The zero-order chi connectivity index (χ0) is 14.0. The number of benzene rings is 1. The van der Waals surface area contributed by atoms with E-state index in [4.69, 9.17) is 26.8 Å². The van der Waals surface area contributed by atoms with Gasteiger partial charge in [0.1, 0.15) is 18.1 Å². The summed E-state index contributed by atoms with van der Waals surface area (Å²) in [7, 11) is 3.41. The van der Waals surface area contributed by atoms with Crippen molar-refractivity contribution in [1.29, 1.82) is 0 Å². The molecule has 0 spiro atoms. The van der Waals surface area contributed by atoms with E-state index in [1.54, 1.807) is 30.0 Å². The largest absolute Gasteiger partial charge is 0.495 e. The van der Waals surface area contributed by atoms with Crippen molar-refractivity contribution >= 4 is 17.3 Å². The van der Waals surface area contributed by atoms with Crippen molar-refractivity contribution in [1.82, 2.24) is 9.78 Å². The summed E-state index contributed by atoms with van der Waals surface area (Å²) in [4.78, 5) is 0. The van der Waals surface area contributed by atoms with E-state index >= 15 is 0 Å². The first kappa shape index (κ1) is 13.5. The molecule has 0 saturated heterocycles. The topological polar surface area (TPSA) is 62.3 Å². The summed E-state index contributed by atoms with van der Waals surface area (Å²) in [5, 5.41) is 4.86. The Morgan fingerprint density at radius 3 is 2.68 bits per heavy atom. The number of rotatable bonds is 4. The third-order valence-corrected chi connectivity index (χ3v) is 3.33. The molecule has 0 fully saturated rings. The molecule has 0 aliphatic carbocycles. The van der Waals surface area contributed by atoms with Gasteiger partial charge in [0.2, 0.25) is 0 Å². The molecule has 0 radical (unpaired) electrons. The Hall–Kier alpha value is -1.88. The van der Waals surface area contributed by atoms with Crippen LogP contribution in [0.1, 0.15) is 11.4 Å². The van der Waals surface area contributed by atoms with Gasteiger partial charge in [-0.1, -0.05) is 11.6 Å². The lowest BCUT2D eigenvalue weighted by Crippen LogP contribution is -2.04. The smallest absolute Gasteiger partial charge is 0.142 e. The van der Waals surface area contributed by atoms with Crippen molar-refractivity contribution in [3.63, 3.8) is 0 Å². The fourth-order valence-corrected chi connectivity index (χ4v) is 2.01. The number of hydrogen-bond donors (Lipinski definition) is 1. The number of hydrogen-bond acceptors (Lipinski definition) is 4. The molecule has 0 aliphatic rings. The Morgan fingerprint density at radius 1 is 1.42 bits per heavy atom. The number of nitrogens with zero attached hydrogens (tertiary/aromatic N) is 2. The predicted octanol–water partition coefficient (Wildman–Crippen LogP) is 2.55. The predicted molar refractivity (Wildman–Crippen MR) is 74.7 cm³/mol. The highest BCUT2D eigenvalue weighted by Gasteiger charge is 2.11. The maximum absolute atomic E-state index is 6.15. The van der Waals surface area contributed by atoms with Crippen LogP contribution in [-0.2, 0) is 13.7 Å². The molecule has 0 atom stereocenters. The molecule has 0 unspecified atom stereocenters. The highest BCUT2D eigenvalue weighted by atomic mass is 35.5. The Bertz CT molecular complexity index is 596. The number of aryl methyl sites for hydroxylation is 2. The van der Waals surface area contributed by atoms with Gasteiger partial charge in [0, 0.05) is 13.1 Å². The Kier molecular flexibility index (Phi) is 3.85. The standard InChI is InChI=1S/C13H16ClN3O2/c1-8-13(14)11(17(2)16-8)7-19-9-4-5-12(18-3)10(15)6-9/h4-6H,7,15H2,1-3H3. The summed E-state index contributed by atoms with van der Waals surface area (Å²) in [5.74, 6) is 1.29. The van der Waals surface area contributed by atoms with Crippen LogP contribution in [0, 0.1) is 6.92 Å². The molecule has 0 amide bonds.